The Morgan fingerprint density at radius 3 is 2.65 bits per heavy atom. The van der Waals surface area contributed by atoms with Crippen molar-refractivity contribution in [3.05, 3.63) is 29.8 Å². The molecule has 1 aromatic rings. The largest absolute Gasteiger partial charge is 0.384 e. The van der Waals surface area contributed by atoms with Crippen molar-refractivity contribution in [1.29, 1.82) is 5.26 Å². The average Bonchev–Trinajstić information content (AvgIpc) is 2.34. The van der Waals surface area contributed by atoms with Gasteiger partial charge < -0.3 is 5.32 Å². The van der Waals surface area contributed by atoms with E-state index in [4.69, 9.17) is 5.26 Å². The maximum atomic E-state index is 8.63. The van der Waals surface area contributed by atoms with Gasteiger partial charge in [0.05, 0.1) is 6.07 Å². The predicted octanol–water partition coefficient (Wildman–Crippen LogP) is 3.99. The van der Waals surface area contributed by atoms with E-state index in [9.17, 15) is 0 Å². The molecule has 0 saturated heterocycles. The predicted molar refractivity (Wildman–Crippen MR) is 72.9 cm³/mol. The van der Waals surface area contributed by atoms with Gasteiger partial charge in [0, 0.05) is 18.7 Å². The van der Waals surface area contributed by atoms with Crippen LogP contribution in [-0.2, 0) is 6.42 Å². The molecule has 0 saturated carbocycles. The van der Waals surface area contributed by atoms with Crippen LogP contribution in [0.3, 0.4) is 0 Å². The highest BCUT2D eigenvalue weighted by Crippen LogP contribution is 2.24. The highest BCUT2D eigenvalue weighted by Gasteiger charge is 2.17. The quantitative estimate of drug-likeness (QED) is 0.802. The summed E-state index contributed by atoms with van der Waals surface area (Å²) in [5.41, 5.74) is 2.74. The molecule has 0 bridgehead atoms. The smallest absolute Gasteiger partial charge is 0.0621 e. The maximum Gasteiger partial charge on any atom is 0.0621 e. The zero-order valence-corrected chi connectivity index (χ0v) is 11.1. The number of para-hydroxylation sites is 1. The molecule has 2 nitrogen and oxygen atoms in total. The summed E-state index contributed by atoms with van der Waals surface area (Å²) in [6, 6.07) is 10.6. The zero-order chi connectivity index (χ0) is 12.7. The summed E-state index contributed by atoms with van der Waals surface area (Å²) in [5, 5.41) is 12.1. The van der Waals surface area contributed by atoms with Gasteiger partial charge in [-0.05, 0) is 29.9 Å². The number of rotatable bonds is 6. The topological polar surface area (TPSA) is 35.8 Å². The van der Waals surface area contributed by atoms with Crippen molar-refractivity contribution in [3.63, 3.8) is 0 Å². The van der Waals surface area contributed by atoms with Crippen LogP contribution in [0.15, 0.2) is 24.3 Å². The number of hydrogen-bond acceptors (Lipinski definition) is 2. The van der Waals surface area contributed by atoms with Crippen LogP contribution < -0.4 is 5.32 Å². The second-order valence-electron chi connectivity index (χ2n) is 5.19. The molecule has 0 radical (unpaired) electrons. The van der Waals surface area contributed by atoms with E-state index in [-0.39, 0.29) is 5.41 Å². The molecule has 0 fully saturated rings. The average molecular weight is 230 g/mol. The number of nitrogens with one attached hydrogen (secondary N) is 1. The molecular formula is C15H22N2. The molecule has 0 aromatic heterocycles. The number of anilines is 1. The van der Waals surface area contributed by atoms with Crippen molar-refractivity contribution >= 4 is 5.69 Å². The number of nitrogens with zero attached hydrogens (tertiary/aromatic N) is 1. The van der Waals surface area contributed by atoms with Gasteiger partial charge in [0.25, 0.3) is 0 Å². The third-order valence-corrected chi connectivity index (χ3v) is 3.07. The Morgan fingerprint density at radius 1 is 1.29 bits per heavy atom. The number of hydrogen-bond donors (Lipinski definition) is 1. The van der Waals surface area contributed by atoms with Crippen LogP contribution >= 0.6 is 0 Å². The van der Waals surface area contributed by atoms with Crippen molar-refractivity contribution in [3.8, 4) is 6.07 Å². The molecule has 0 amide bonds. The first-order valence-corrected chi connectivity index (χ1v) is 6.28. The van der Waals surface area contributed by atoms with Gasteiger partial charge in [-0.1, -0.05) is 39.0 Å². The van der Waals surface area contributed by atoms with E-state index in [0.717, 1.165) is 19.4 Å². The molecule has 2 heteroatoms. The zero-order valence-electron chi connectivity index (χ0n) is 11.1. The summed E-state index contributed by atoms with van der Waals surface area (Å²) in [7, 11) is 0. The van der Waals surface area contributed by atoms with E-state index in [1.807, 2.05) is 0 Å². The molecule has 92 valence electrons. The summed E-state index contributed by atoms with van der Waals surface area (Å²) in [6.07, 6.45) is 2.61. The van der Waals surface area contributed by atoms with E-state index >= 15 is 0 Å². The van der Waals surface area contributed by atoms with Crippen LogP contribution in [-0.4, -0.2) is 6.54 Å². The minimum absolute atomic E-state index is 0.163. The first-order chi connectivity index (χ1) is 8.09. The molecule has 0 unspecified atom stereocenters. The molecule has 0 aliphatic carbocycles. The lowest BCUT2D eigenvalue weighted by atomic mass is 9.88. The van der Waals surface area contributed by atoms with Gasteiger partial charge in [-0.25, -0.2) is 0 Å². The first-order valence-electron chi connectivity index (χ1n) is 6.28. The highest BCUT2D eigenvalue weighted by molar-refractivity contribution is 5.51. The van der Waals surface area contributed by atoms with Crippen molar-refractivity contribution < 1.29 is 0 Å². The lowest BCUT2D eigenvalue weighted by Gasteiger charge is -2.25. The summed E-state index contributed by atoms with van der Waals surface area (Å²) < 4.78 is 0. The van der Waals surface area contributed by atoms with Crippen molar-refractivity contribution in [2.75, 3.05) is 11.9 Å². The standard InChI is InChI=1S/C15H22N2/c1-4-13-8-5-6-9-14(13)17-12-15(2,3)10-7-11-16/h5-6,8-9,17H,4,7,10,12H2,1-3H3. The van der Waals surface area contributed by atoms with Gasteiger partial charge in [-0.15, -0.1) is 0 Å². The molecule has 1 rings (SSSR count). The number of aryl methyl sites for hydroxylation is 1. The summed E-state index contributed by atoms with van der Waals surface area (Å²) in [5.74, 6) is 0. The fourth-order valence-corrected chi connectivity index (χ4v) is 1.82. The molecule has 0 aliphatic rings. The number of nitriles is 1. The van der Waals surface area contributed by atoms with E-state index in [0.29, 0.717) is 6.42 Å². The Balaban J connectivity index is 2.58. The van der Waals surface area contributed by atoms with Crippen LogP contribution in [0, 0.1) is 16.7 Å². The summed E-state index contributed by atoms with van der Waals surface area (Å²) in [4.78, 5) is 0. The van der Waals surface area contributed by atoms with Crippen LogP contribution in [0.5, 0.6) is 0 Å². The van der Waals surface area contributed by atoms with Gasteiger partial charge >= 0.3 is 0 Å². The fourth-order valence-electron chi connectivity index (χ4n) is 1.82. The second-order valence-corrected chi connectivity index (χ2v) is 5.19. The minimum atomic E-state index is 0.163. The Bertz CT molecular complexity index is 388. The maximum absolute atomic E-state index is 8.63. The SMILES string of the molecule is CCc1ccccc1NCC(C)(C)CCC#N. The Kier molecular flexibility index (Phi) is 5.03. The van der Waals surface area contributed by atoms with Crippen LogP contribution in [0.1, 0.15) is 39.2 Å². The number of benzene rings is 1. The molecule has 0 aliphatic heterocycles. The van der Waals surface area contributed by atoms with E-state index in [1.165, 1.54) is 11.3 Å². The van der Waals surface area contributed by atoms with Crippen LogP contribution in [0.2, 0.25) is 0 Å². The normalized spacial score (nSPS) is 10.9. The third kappa shape index (κ3) is 4.48. The van der Waals surface area contributed by atoms with Gasteiger partial charge in [-0.3, -0.25) is 0 Å². The van der Waals surface area contributed by atoms with Gasteiger partial charge in [0.2, 0.25) is 0 Å². The Hall–Kier alpha value is -1.49. The lowest BCUT2D eigenvalue weighted by Crippen LogP contribution is -2.23. The minimum Gasteiger partial charge on any atom is -0.384 e. The molecule has 1 N–H and O–H groups in total. The van der Waals surface area contributed by atoms with E-state index < -0.39 is 0 Å². The molecule has 0 spiro atoms. The van der Waals surface area contributed by atoms with E-state index in [2.05, 4.69) is 56.4 Å². The van der Waals surface area contributed by atoms with Gasteiger partial charge in [0.15, 0.2) is 0 Å². The van der Waals surface area contributed by atoms with Crippen molar-refractivity contribution in [1.82, 2.24) is 0 Å². The van der Waals surface area contributed by atoms with Gasteiger partial charge in [0.1, 0.15) is 0 Å². The van der Waals surface area contributed by atoms with Crippen molar-refractivity contribution in [2.45, 2.75) is 40.0 Å². The van der Waals surface area contributed by atoms with Crippen molar-refractivity contribution in [2.24, 2.45) is 5.41 Å². The molecule has 0 atom stereocenters. The molecule has 0 heterocycles. The fraction of sp³-hybridized carbons (Fsp3) is 0.533. The third-order valence-electron chi connectivity index (χ3n) is 3.07. The van der Waals surface area contributed by atoms with Crippen LogP contribution in [0.4, 0.5) is 5.69 Å². The monoisotopic (exact) mass is 230 g/mol. The van der Waals surface area contributed by atoms with E-state index in [1.54, 1.807) is 0 Å². The van der Waals surface area contributed by atoms with Crippen LogP contribution in [0.25, 0.3) is 0 Å². The Morgan fingerprint density at radius 2 is 2.00 bits per heavy atom. The second kappa shape index (κ2) is 6.30. The summed E-state index contributed by atoms with van der Waals surface area (Å²) >= 11 is 0. The molecule has 1 aromatic carbocycles. The van der Waals surface area contributed by atoms with Gasteiger partial charge in [-0.2, -0.15) is 5.26 Å². The molecular weight excluding hydrogens is 208 g/mol. The lowest BCUT2D eigenvalue weighted by molar-refractivity contribution is 0.363. The Labute approximate surface area is 105 Å². The first kappa shape index (κ1) is 13.6. The summed E-state index contributed by atoms with van der Waals surface area (Å²) in [6.45, 7) is 7.48. The molecule has 17 heavy (non-hydrogen) atoms. The highest BCUT2D eigenvalue weighted by atomic mass is 14.9.